The summed E-state index contributed by atoms with van der Waals surface area (Å²) in [4.78, 5) is 0. The maximum absolute atomic E-state index is 5.99. The maximum Gasteiger partial charge on any atom is 0.151 e. The number of halogens is 2. The van der Waals surface area contributed by atoms with E-state index in [1.54, 1.807) is 0 Å². The van der Waals surface area contributed by atoms with Crippen molar-refractivity contribution in [2.45, 2.75) is 0 Å². The second kappa shape index (κ2) is 4.13. The molecule has 0 unspecified atom stereocenters. The van der Waals surface area contributed by atoms with Crippen molar-refractivity contribution in [3.8, 4) is 0 Å². The largest absolute Gasteiger partial charge is 1.00 e. The van der Waals surface area contributed by atoms with Gasteiger partial charge in [0.15, 0.2) is 5.69 Å². The highest BCUT2D eigenvalue weighted by Gasteiger charge is 2.14. The Morgan fingerprint density at radius 1 is 1.08 bits per heavy atom. The first-order valence-electron chi connectivity index (χ1n) is 3.58. The monoisotopic (exact) mass is 205 g/mol. The number of rotatable bonds is 1. The standard InChI is InChI=1S/C9H13ClN.ClH/c1-11(2,3)9-7-5-4-6-8(9)10;/h4-7H,1-3H3;1H/q+1;/p-1. The molecule has 68 valence electrons. The summed E-state index contributed by atoms with van der Waals surface area (Å²) in [5.74, 6) is 0. The molecule has 0 aliphatic heterocycles. The predicted octanol–water partition coefficient (Wildman–Crippen LogP) is -0.459. The normalized spacial score (nSPS) is 10.7. The third kappa shape index (κ3) is 2.67. The van der Waals surface area contributed by atoms with Crippen LogP contribution in [-0.2, 0) is 0 Å². The van der Waals surface area contributed by atoms with Crippen LogP contribution in [0.1, 0.15) is 0 Å². The highest BCUT2D eigenvalue weighted by molar-refractivity contribution is 6.33. The lowest BCUT2D eigenvalue weighted by Crippen LogP contribution is -3.00. The molecule has 1 rings (SSSR count). The van der Waals surface area contributed by atoms with Crippen LogP contribution in [0.2, 0.25) is 5.02 Å². The van der Waals surface area contributed by atoms with E-state index in [-0.39, 0.29) is 12.4 Å². The van der Waals surface area contributed by atoms with Gasteiger partial charge in [-0.25, -0.2) is 0 Å². The first kappa shape index (κ1) is 11.8. The van der Waals surface area contributed by atoms with Gasteiger partial charge in [-0.3, -0.25) is 4.48 Å². The van der Waals surface area contributed by atoms with Crippen LogP contribution in [0, 0.1) is 0 Å². The lowest BCUT2D eigenvalue weighted by molar-refractivity contribution is -0.00000246. The molecule has 1 aromatic rings. The Morgan fingerprint density at radius 3 is 1.92 bits per heavy atom. The Labute approximate surface area is 85.0 Å². The summed E-state index contributed by atoms with van der Waals surface area (Å²) in [6.07, 6.45) is 0. The van der Waals surface area contributed by atoms with E-state index < -0.39 is 0 Å². The fraction of sp³-hybridized carbons (Fsp3) is 0.333. The Hall–Kier alpha value is -0.240. The van der Waals surface area contributed by atoms with E-state index in [0.29, 0.717) is 0 Å². The van der Waals surface area contributed by atoms with E-state index in [2.05, 4.69) is 21.1 Å². The smallest absolute Gasteiger partial charge is 0.151 e. The summed E-state index contributed by atoms with van der Waals surface area (Å²) < 4.78 is 0.764. The SMILES string of the molecule is C[N+](C)(C)c1ccccc1Cl.[Cl-]. The molecule has 0 radical (unpaired) electrons. The summed E-state index contributed by atoms with van der Waals surface area (Å²) in [7, 11) is 6.30. The number of benzene rings is 1. The minimum Gasteiger partial charge on any atom is -1.00 e. The number of nitrogens with zero attached hydrogens (tertiary/aromatic N) is 1. The third-order valence-electron chi connectivity index (χ3n) is 1.58. The molecular formula is C9H13Cl2N. The van der Waals surface area contributed by atoms with Gasteiger partial charge in [0, 0.05) is 6.07 Å². The molecule has 1 aromatic carbocycles. The zero-order valence-corrected chi connectivity index (χ0v) is 9.02. The van der Waals surface area contributed by atoms with Gasteiger partial charge in [-0.1, -0.05) is 23.7 Å². The van der Waals surface area contributed by atoms with Crippen molar-refractivity contribution < 1.29 is 12.4 Å². The minimum atomic E-state index is 0. The zero-order valence-electron chi connectivity index (χ0n) is 7.51. The van der Waals surface area contributed by atoms with Crippen molar-refractivity contribution in [2.75, 3.05) is 21.1 Å². The molecule has 3 heteroatoms. The Bertz CT molecular complexity index is 253. The molecule has 0 spiro atoms. The second-order valence-corrected chi connectivity index (χ2v) is 3.87. The van der Waals surface area contributed by atoms with Crippen LogP contribution in [0.15, 0.2) is 24.3 Å². The van der Waals surface area contributed by atoms with E-state index >= 15 is 0 Å². The van der Waals surface area contributed by atoms with E-state index in [4.69, 9.17) is 11.6 Å². The van der Waals surface area contributed by atoms with Crippen LogP contribution in [-0.4, -0.2) is 21.1 Å². The van der Waals surface area contributed by atoms with Crippen LogP contribution in [0.3, 0.4) is 0 Å². The molecule has 0 aromatic heterocycles. The third-order valence-corrected chi connectivity index (χ3v) is 1.89. The van der Waals surface area contributed by atoms with Gasteiger partial charge in [-0.2, -0.15) is 0 Å². The Kier molecular flexibility index (Phi) is 4.04. The predicted molar refractivity (Wildman–Crippen MR) is 51.0 cm³/mol. The lowest BCUT2D eigenvalue weighted by atomic mass is 10.3. The summed E-state index contributed by atoms with van der Waals surface area (Å²) in [6, 6.07) is 7.91. The average molecular weight is 206 g/mol. The van der Waals surface area contributed by atoms with Crippen LogP contribution in [0.25, 0.3) is 0 Å². The van der Waals surface area contributed by atoms with Gasteiger partial charge in [0.1, 0.15) is 5.02 Å². The summed E-state index contributed by atoms with van der Waals surface area (Å²) in [5, 5.41) is 0.833. The fourth-order valence-electron chi connectivity index (χ4n) is 0.996. The molecule has 0 N–H and O–H groups in total. The van der Waals surface area contributed by atoms with E-state index in [0.717, 1.165) is 15.2 Å². The van der Waals surface area contributed by atoms with Crippen LogP contribution in [0.4, 0.5) is 5.69 Å². The minimum absolute atomic E-state index is 0. The van der Waals surface area contributed by atoms with Gasteiger partial charge >= 0.3 is 0 Å². The quantitative estimate of drug-likeness (QED) is 0.545. The van der Waals surface area contributed by atoms with E-state index in [9.17, 15) is 0 Å². The van der Waals surface area contributed by atoms with Gasteiger partial charge in [-0.15, -0.1) is 0 Å². The van der Waals surface area contributed by atoms with Gasteiger partial charge < -0.3 is 12.4 Å². The highest BCUT2D eigenvalue weighted by atomic mass is 35.5. The van der Waals surface area contributed by atoms with Crippen molar-refractivity contribution in [2.24, 2.45) is 0 Å². The van der Waals surface area contributed by atoms with Gasteiger partial charge in [0.2, 0.25) is 0 Å². The van der Waals surface area contributed by atoms with E-state index in [1.165, 1.54) is 0 Å². The average Bonchev–Trinajstić information content (AvgIpc) is 1.86. The summed E-state index contributed by atoms with van der Waals surface area (Å²) >= 11 is 5.99. The lowest BCUT2D eigenvalue weighted by Gasteiger charge is -2.24. The molecule has 0 heterocycles. The molecular weight excluding hydrogens is 193 g/mol. The first-order valence-corrected chi connectivity index (χ1v) is 3.96. The van der Waals surface area contributed by atoms with E-state index in [1.807, 2.05) is 24.3 Å². The van der Waals surface area contributed by atoms with Gasteiger partial charge in [0.25, 0.3) is 0 Å². The van der Waals surface area contributed by atoms with Gasteiger partial charge in [0.05, 0.1) is 21.1 Å². The van der Waals surface area contributed by atoms with Crippen LogP contribution >= 0.6 is 11.6 Å². The number of hydrogen-bond donors (Lipinski definition) is 0. The topological polar surface area (TPSA) is 0 Å². The Balaban J connectivity index is 0.00000121. The molecule has 0 amide bonds. The van der Waals surface area contributed by atoms with Crippen molar-refractivity contribution >= 4 is 17.3 Å². The second-order valence-electron chi connectivity index (χ2n) is 3.46. The van der Waals surface area contributed by atoms with Crippen molar-refractivity contribution in [3.05, 3.63) is 29.3 Å². The molecule has 0 aliphatic rings. The molecule has 0 fully saturated rings. The van der Waals surface area contributed by atoms with Gasteiger partial charge in [-0.05, 0) is 6.07 Å². The summed E-state index contributed by atoms with van der Waals surface area (Å²) in [5.41, 5.74) is 1.15. The molecule has 0 saturated carbocycles. The molecule has 1 nitrogen and oxygen atoms in total. The number of para-hydroxylation sites is 1. The first-order chi connectivity index (χ1) is 5.02. The fourth-order valence-corrected chi connectivity index (χ4v) is 1.39. The van der Waals surface area contributed by atoms with Crippen LogP contribution in [0.5, 0.6) is 0 Å². The molecule has 12 heavy (non-hydrogen) atoms. The Morgan fingerprint density at radius 2 is 1.58 bits per heavy atom. The molecule has 0 atom stereocenters. The molecule has 0 aliphatic carbocycles. The highest BCUT2D eigenvalue weighted by Crippen LogP contribution is 2.26. The number of quaternary nitrogens is 1. The summed E-state index contributed by atoms with van der Waals surface area (Å²) in [6.45, 7) is 0. The molecule has 0 saturated heterocycles. The van der Waals surface area contributed by atoms with Crippen molar-refractivity contribution in [1.29, 1.82) is 0 Å². The molecule has 0 bridgehead atoms. The maximum atomic E-state index is 5.99. The van der Waals surface area contributed by atoms with Crippen LogP contribution < -0.4 is 16.9 Å². The van der Waals surface area contributed by atoms with Crippen molar-refractivity contribution in [3.63, 3.8) is 0 Å². The zero-order chi connectivity index (χ0) is 8.48. The van der Waals surface area contributed by atoms with Crippen molar-refractivity contribution in [1.82, 2.24) is 4.48 Å². The number of hydrogen-bond acceptors (Lipinski definition) is 0.